The summed E-state index contributed by atoms with van der Waals surface area (Å²) in [5.74, 6) is 2.82. The molecular formula is C18H22N6O. The molecule has 1 N–H and O–H groups in total. The Morgan fingerprint density at radius 3 is 2.64 bits per heavy atom. The van der Waals surface area contributed by atoms with Gasteiger partial charge in [-0.3, -0.25) is 4.79 Å². The Bertz CT molecular complexity index is 787. The van der Waals surface area contributed by atoms with Gasteiger partial charge in [0.2, 0.25) is 0 Å². The van der Waals surface area contributed by atoms with Crippen LogP contribution in [0.5, 0.6) is 0 Å². The van der Waals surface area contributed by atoms with Gasteiger partial charge in [-0.2, -0.15) is 0 Å². The smallest absolute Gasteiger partial charge is 0.257 e. The van der Waals surface area contributed by atoms with Crippen LogP contribution in [-0.4, -0.2) is 44.3 Å². The first kappa shape index (κ1) is 15.9. The summed E-state index contributed by atoms with van der Waals surface area (Å²) in [7, 11) is 1.84. The van der Waals surface area contributed by atoms with Crippen molar-refractivity contribution in [1.82, 2.24) is 24.8 Å². The third-order valence-corrected chi connectivity index (χ3v) is 4.83. The Hall–Kier alpha value is -2.57. The molecule has 4 rings (SSSR count). The summed E-state index contributed by atoms with van der Waals surface area (Å²) in [5.41, 5.74) is 1.44. The van der Waals surface area contributed by atoms with E-state index in [1.54, 1.807) is 12.4 Å². The van der Waals surface area contributed by atoms with Crippen molar-refractivity contribution >= 4 is 11.7 Å². The van der Waals surface area contributed by atoms with Crippen LogP contribution in [0.15, 0.2) is 18.5 Å². The predicted molar refractivity (Wildman–Crippen MR) is 93.3 cm³/mol. The second kappa shape index (κ2) is 6.38. The van der Waals surface area contributed by atoms with Gasteiger partial charge in [0.15, 0.2) is 0 Å². The highest BCUT2D eigenvalue weighted by Crippen LogP contribution is 2.38. The topological polar surface area (TPSA) is 83.9 Å². The highest BCUT2D eigenvalue weighted by atomic mass is 16.2. The van der Waals surface area contributed by atoms with Gasteiger partial charge in [-0.25, -0.2) is 19.9 Å². The van der Waals surface area contributed by atoms with Crippen molar-refractivity contribution in [2.75, 3.05) is 18.9 Å². The lowest BCUT2D eigenvalue weighted by Crippen LogP contribution is -2.31. The third-order valence-electron chi connectivity index (χ3n) is 4.83. The Labute approximate surface area is 146 Å². The zero-order valence-corrected chi connectivity index (χ0v) is 14.6. The minimum absolute atomic E-state index is 0.0212. The van der Waals surface area contributed by atoms with Gasteiger partial charge in [0.1, 0.15) is 17.5 Å². The number of carbonyl (C=O) groups excluding carboxylic acids is 1. The van der Waals surface area contributed by atoms with E-state index in [4.69, 9.17) is 0 Å². The van der Waals surface area contributed by atoms with E-state index < -0.39 is 0 Å². The lowest BCUT2D eigenvalue weighted by atomic mass is 10.1. The van der Waals surface area contributed by atoms with Crippen LogP contribution in [0.2, 0.25) is 0 Å². The lowest BCUT2D eigenvalue weighted by Gasteiger charge is -2.24. The van der Waals surface area contributed by atoms with Crippen molar-refractivity contribution in [2.24, 2.45) is 0 Å². The van der Waals surface area contributed by atoms with Crippen molar-refractivity contribution in [2.45, 2.75) is 44.6 Å². The van der Waals surface area contributed by atoms with Crippen molar-refractivity contribution in [3.63, 3.8) is 0 Å². The van der Waals surface area contributed by atoms with Crippen LogP contribution in [0.25, 0.3) is 0 Å². The van der Waals surface area contributed by atoms with Crippen LogP contribution in [0.3, 0.4) is 0 Å². The fourth-order valence-corrected chi connectivity index (χ4v) is 3.37. The fourth-order valence-electron chi connectivity index (χ4n) is 3.37. The largest absolute Gasteiger partial charge is 0.373 e. The molecule has 3 heterocycles. The normalized spacial score (nSPS) is 19.9. The minimum Gasteiger partial charge on any atom is -0.373 e. The molecule has 0 radical (unpaired) electrons. The second-order valence-corrected chi connectivity index (χ2v) is 6.74. The number of nitrogens with one attached hydrogen (secondary N) is 1. The molecule has 1 saturated carbocycles. The summed E-state index contributed by atoms with van der Waals surface area (Å²) in [6, 6.07) is 1.90. The summed E-state index contributed by atoms with van der Waals surface area (Å²) in [6.07, 6.45) is 7.53. The monoisotopic (exact) mass is 338 g/mol. The van der Waals surface area contributed by atoms with Crippen LogP contribution in [0, 0.1) is 6.92 Å². The molecule has 1 amide bonds. The van der Waals surface area contributed by atoms with E-state index >= 15 is 0 Å². The molecule has 7 heteroatoms. The highest BCUT2D eigenvalue weighted by Gasteiger charge is 2.33. The number of anilines is 1. The average Bonchev–Trinajstić information content (AvgIpc) is 3.37. The molecule has 1 aliphatic heterocycles. The first-order chi connectivity index (χ1) is 12.2. The standard InChI is InChI=1S/C18H22N6O/c1-11-22-14(8-16(19-2)23-11)15-4-3-7-24(15)18(25)13-9-20-17(21-10-13)12-5-6-12/h8-10,12,15H,3-7H2,1-2H3,(H,19,22,23). The molecule has 7 nitrogen and oxygen atoms in total. The number of aromatic nitrogens is 4. The lowest BCUT2D eigenvalue weighted by molar-refractivity contribution is 0.0731. The van der Waals surface area contributed by atoms with Crippen LogP contribution in [-0.2, 0) is 0 Å². The van der Waals surface area contributed by atoms with Gasteiger partial charge < -0.3 is 10.2 Å². The highest BCUT2D eigenvalue weighted by molar-refractivity contribution is 5.94. The second-order valence-electron chi connectivity index (χ2n) is 6.74. The van der Waals surface area contributed by atoms with Crippen LogP contribution < -0.4 is 5.32 Å². The number of nitrogens with zero attached hydrogens (tertiary/aromatic N) is 5. The number of likely N-dealkylation sites (tertiary alicyclic amines) is 1. The molecule has 0 spiro atoms. The molecule has 1 aliphatic carbocycles. The zero-order valence-electron chi connectivity index (χ0n) is 14.6. The van der Waals surface area contributed by atoms with Crippen molar-refractivity contribution < 1.29 is 4.79 Å². The van der Waals surface area contributed by atoms with Crippen molar-refractivity contribution in [1.29, 1.82) is 0 Å². The maximum Gasteiger partial charge on any atom is 0.257 e. The number of hydrogen-bond acceptors (Lipinski definition) is 6. The van der Waals surface area contributed by atoms with Crippen LogP contribution in [0.1, 0.15) is 65.3 Å². The molecule has 1 unspecified atom stereocenters. The summed E-state index contributed by atoms with van der Waals surface area (Å²) in [4.78, 5) is 32.5. The maximum absolute atomic E-state index is 13.0. The molecule has 1 atom stereocenters. The van der Waals surface area contributed by atoms with Crippen molar-refractivity contribution in [3.05, 3.63) is 41.4 Å². The predicted octanol–water partition coefficient (Wildman–Crippen LogP) is 2.47. The van der Waals surface area contributed by atoms with Crippen molar-refractivity contribution in [3.8, 4) is 0 Å². The van der Waals surface area contributed by atoms with Gasteiger partial charge in [0.25, 0.3) is 5.91 Å². The Kier molecular flexibility index (Phi) is 4.07. The summed E-state index contributed by atoms with van der Waals surface area (Å²) in [5, 5.41) is 3.06. The third kappa shape index (κ3) is 3.18. The number of hydrogen-bond donors (Lipinski definition) is 1. The minimum atomic E-state index is -0.0237. The molecule has 0 aromatic carbocycles. The van der Waals surface area contributed by atoms with Gasteiger partial charge in [-0.15, -0.1) is 0 Å². The van der Waals surface area contributed by atoms with Gasteiger partial charge >= 0.3 is 0 Å². The number of aryl methyl sites for hydroxylation is 1. The van der Waals surface area contributed by atoms with Gasteiger partial charge in [0, 0.05) is 38.0 Å². The summed E-state index contributed by atoms with van der Waals surface area (Å²) >= 11 is 0. The van der Waals surface area contributed by atoms with Crippen LogP contribution >= 0.6 is 0 Å². The van der Waals surface area contributed by atoms with E-state index in [-0.39, 0.29) is 11.9 Å². The molecule has 25 heavy (non-hydrogen) atoms. The molecule has 0 bridgehead atoms. The quantitative estimate of drug-likeness (QED) is 0.922. The molecule has 2 aromatic heterocycles. The summed E-state index contributed by atoms with van der Waals surface area (Å²) < 4.78 is 0. The first-order valence-electron chi connectivity index (χ1n) is 8.82. The Morgan fingerprint density at radius 2 is 1.96 bits per heavy atom. The SMILES string of the molecule is CNc1cc(C2CCCN2C(=O)c2cnc(C3CC3)nc2)nc(C)n1. The van der Waals surface area contributed by atoms with E-state index in [2.05, 4.69) is 25.3 Å². The molecule has 2 fully saturated rings. The maximum atomic E-state index is 13.0. The van der Waals surface area contributed by atoms with E-state index in [1.807, 2.05) is 24.9 Å². The number of amides is 1. The Balaban J connectivity index is 1.58. The molecule has 130 valence electrons. The van der Waals surface area contributed by atoms with Crippen LogP contribution in [0.4, 0.5) is 5.82 Å². The number of rotatable bonds is 4. The molecule has 2 aromatic rings. The van der Waals surface area contributed by atoms with Gasteiger partial charge in [-0.05, 0) is 32.6 Å². The van der Waals surface area contributed by atoms with E-state index in [0.29, 0.717) is 17.3 Å². The average molecular weight is 338 g/mol. The zero-order chi connectivity index (χ0) is 17.4. The molecular weight excluding hydrogens is 316 g/mol. The molecule has 2 aliphatic rings. The molecule has 1 saturated heterocycles. The van der Waals surface area contributed by atoms with E-state index in [0.717, 1.165) is 49.6 Å². The van der Waals surface area contributed by atoms with Gasteiger partial charge in [0.05, 0.1) is 17.3 Å². The van der Waals surface area contributed by atoms with E-state index in [1.165, 1.54) is 0 Å². The fraction of sp³-hybridized carbons (Fsp3) is 0.500. The van der Waals surface area contributed by atoms with E-state index in [9.17, 15) is 4.79 Å². The van der Waals surface area contributed by atoms with Gasteiger partial charge in [-0.1, -0.05) is 0 Å². The Morgan fingerprint density at radius 1 is 1.20 bits per heavy atom. The number of carbonyl (C=O) groups is 1. The first-order valence-corrected chi connectivity index (χ1v) is 8.82. The summed E-state index contributed by atoms with van der Waals surface area (Å²) in [6.45, 7) is 2.60.